The summed E-state index contributed by atoms with van der Waals surface area (Å²) in [6, 6.07) is 3.82. The van der Waals surface area contributed by atoms with Crippen LogP contribution in [0, 0.1) is 0 Å². The van der Waals surface area contributed by atoms with Crippen LogP contribution >= 0.6 is 0 Å². The van der Waals surface area contributed by atoms with Gasteiger partial charge in [-0.15, -0.1) is 0 Å². The Hall–Kier alpha value is -3.34. The molecule has 0 saturated carbocycles. The van der Waals surface area contributed by atoms with Crippen LogP contribution in [0.4, 0.5) is 0 Å². The lowest BCUT2D eigenvalue weighted by Gasteiger charge is -2.05. The number of aromatic nitrogens is 2. The minimum Gasteiger partial charge on any atom is -0.493 e. The van der Waals surface area contributed by atoms with Crippen molar-refractivity contribution in [3.8, 4) is 5.88 Å². The van der Waals surface area contributed by atoms with E-state index in [4.69, 9.17) is 9.52 Å². The van der Waals surface area contributed by atoms with Gasteiger partial charge in [0, 0.05) is 6.07 Å². The number of hydrogen-bond acceptors (Lipinski definition) is 7. The Morgan fingerprint density at radius 2 is 1.92 bits per heavy atom. The molecule has 124 valence electrons. The molecular formula is C13H8N2O8S. The number of nitrogens with one attached hydrogen (secondary N) is 1. The van der Waals surface area contributed by atoms with Crippen LogP contribution in [0.5, 0.6) is 5.88 Å². The summed E-state index contributed by atoms with van der Waals surface area (Å²) in [4.78, 5) is 35.8. The van der Waals surface area contributed by atoms with Gasteiger partial charge in [0.1, 0.15) is 5.58 Å². The second kappa shape index (κ2) is 5.09. The van der Waals surface area contributed by atoms with Crippen molar-refractivity contribution in [3.05, 3.63) is 56.9 Å². The zero-order valence-corrected chi connectivity index (χ0v) is 12.4. The first kappa shape index (κ1) is 15.6. The lowest BCUT2D eigenvalue weighted by atomic mass is 10.2. The third kappa shape index (κ3) is 2.36. The smallest absolute Gasteiger partial charge is 0.371 e. The van der Waals surface area contributed by atoms with Gasteiger partial charge in [0.05, 0.1) is 16.5 Å². The molecule has 1 aromatic carbocycles. The van der Waals surface area contributed by atoms with Gasteiger partial charge < -0.3 is 14.6 Å². The minimum atomic E-state index is -4.37. The lowest BCUT2D eigenvalue weighted by molar-refractivity contribution is 0.0663. The number of rotatable bonds is 3. The average molecular weight is 352 g/mol. The summed E-state index contributed by atoms with van der Waals surface area (Å²) in [5, 5.41) is 17.8. The molecule has 24 heavy (non-hydrogen) atoms. The van der Waals surface area contributed by atoms with Crippen LogP contribution < -0.4 is 11.1 Å². The van der Waals surface area contributed by atoms with Crippen molar-refractivity contribution in [2.45, 2.75) is 4.90 Å². The summed E-state index contributed by atoms with van der Waals surface area (Å²) in [5.41, 5.74) is -1.96. The summed E-state index contributed by atoms with van der Waals surface area (Å²) >= 11 is 0. The number of carbonyl (C=O) groups is 1. The summed E-state index contributed by atoms with van der Waals surface area (Å²) < 4.78 is 30.1. The highest BCUT2D eigenvalue weighted by atomic mass is 32.2. The molecule has 3 aromatic rings. The van der Waals surface area contributed by atoms with Crippen LogP contribution in [-0.4, -0.2) is 33.6 Å². The van der Waals surface area contributed by atoms with E-state index in [0.717, 1.165) is 24.3 Å². The van der Waals surface area contributed by atoms with Crippen molar-refractivity contribution >= 4 is 27.0 Å². The SMILES string of the molecule is O=C(O)c1cc(=O)c2cc(S(=O)(=O)n3cc(O)[nH]c3=O)ccc2o1. The van der Waals surface area contributed by atoms with Crippen LogP contribution in [0.15, 0.2) is 49.4 Å². The number of carboxylic acid groups (broad SMARTS) is 1. The molecule has 10 nitrogen and oxygen atoms in total. The molecular weight excluding hydrogens is 344 g/mol. The van der Waals surface area contributed by atoms with Crippen LogP contribution in [0.2, 0.25) is 0 Å². The van der Waals surface area contributed by atoms with Crippen LogP contribution in [-0.2, 0) is 10.0 Å². The fourth-order valence-corrected chi connectivity index (χ4v) is 3.30. The van der Waals surface area contributed by atoms with Gasteiger partial charge in [-0.3, -0.25) is 9.78 Å². The lowest BCUT2D eigenvalue weighted by Crippen LogP contribution is -2.24. The highest BCUT2D eigenvalue weighted by Crippen LogP contribution is 2.20. The van der Waals surface area contributed by atoms with E-state index in [-0.39, 0.29) is 14.9 Å². The van der Waals surface area contributed by atoms with E-state index in [1.807, 2.05) is 4.98 Å². The van der Waals surface area contributed by atoms with Crippen molar-refractivity contribution in [2.24, 2.45) is 0 Å². The van der Waals surface area contributed by atoms with E-state index in [2.05, 4.69) is 0 Å². The zero-order chi connectivity index (χ0) is 17.6. The molecule has 3 rings (SSSR count). The molecule has 0 bridgehead atoms. The number of aromatic amines is 1. The van der Waals surface area contributed by atoms with Crippen LogP contribution in [0.1, 0.15) is 10.6 Å². The van der Waals surface area contributed by atoms with E-state index in [1.54, 1.807) is 0 Å². The van der Waals surface area contributed by atoms with Crippen LogP contribution in [0.25, 0.3) is 11.0 Å². The molecule has 0 radical (unpaired) electrons. The number of aromatic carboxylic acids is 1. The van der Waals surface area contributed by atoms with Gasteiger partial charge in [0.15, 0.2) is 5.43 Å². The van der Waals surface area contributed by atoms with Crippen molar-refractivity contribution in [1.29, 1.82) is 0 Å². The predicted octanol–water partition coefficient (Wildman–Crippen LogP) is -0.0764. The third-order valence-corrected chi connectivity index (χ3v) is 4.78. The maximum absolute atomic E-state index is 12.4. The first-order valence-corrected chi connectivity index (χ1v) is 7.71. The van der Waals surface area contributed by atoms with Crippen molar-refractivity contribution in [2.75, 3.05) is 0 Å². The topological polar surface area (TPSA) is 160 Å². The fourth-order valence-electron chi connectivity index (χ4n) is 2.06. The average Bonchev–Trinajstić information content (AvgIpc) is 2.86. The van der Waals surface area contributed by atoms with Gasteiger partial charge >= 0.3 is 11.7 Å². The van der Waals surface area contributed by atoms with Gasteiger partial charge in [0.2, 0.25) is 11.6 Å². The molecule has 0 aliphatic rings. The molecule has 2 heterocycles. The van der Waals surface area contributed by atoms with E-state index >= 15 is 0 Å². The normalized spacial score (nSPS) is 11.7. The number of benzene rings is 1. The highest BCUT2D eigenvalue weighted by Gasteiger charge is 2.22. The molecule has 0 fully saturated rings. The second-order valence-corrected chi connectivity index (χ2v) is 6.50. The summed E-state index contributed by atoms with van der Waals surface area (Å²) in [6.45, 7) is 0. The third-order valence-electron chi connectivity index (χ3n) is 3.14. The first-order chi connectivity index (χ1) is 11.2. The molecule has 11 heteroatoms. The van der Waals surface area contributed by atoms with Crippen molar-refractivity contribution < 1.29 is 27.8 Å². The Labute approximate surface area is 132 Å². The Balaban J connectivity index is 2.25. The number of hydrogen-bond donors (Lipinski definition) is 3. The Bertz CT molecular complexity index is 1200. The molecule has 0 atom stereocenters. The molecule has 0 aliphatic carbocycles. The monoisotopic (exact) mass is 352 g/mol. The summed E-state index contributed by atoms with van der Waals surface area (Å²) in [6.07, 6.45) is 0.678. The molecule has 2 aromatic heterocycles. The van der Waals surface area contributed by atoms with E-state index in [9.17, 15) is 27.9 Å². The molecule has 0 saturated heterocycles. The maximum Gasteiger partial charge on any atom is 0.371 e. The Kier molecular flexibility index (Phi) is 3.30. The Morgan fingerprint density at radius 1 is 1.21 bits per heavy atom. The van der Waals surface area contributed by atoms with Gasteiger partial charge in [0.25, 0.3) is 10.0 Å². The zero-order valence-electron chi connectivity index (χ0n) is 11.6. The van der Waals surface area contributed by atoms with E-state index in [0.29, 0.717) is 6.20 Å². The highest BCUT2D eigenvalue weighted by molar-refractivity contribution is 7.90. The largest absolute Gasteiger partial charge is 0.493 e. The molecule has 0 spiro atoms. The van der Waals surface area contributed by atoms with Gasteiger partial charge in [-0.05, 0) is 18.2 Å². The second-order valence-electron chi connectivity index (χ2n) is 4.68. The predicted molar refractivity (Wildman–Crippen MR) is 78.7 cm³/mol. The maximum atomic E-state index is 12.4. The summed E-state index contributed by atoms with van der Waals surface area (Å²) in [5.74, 6) is -2.68. The Morgan fingerprint density at radius 3 is 2.50 bits per heavy atom. The minimum absolute atomic E-state index is 0.122. The first-order valence-electron chi connectivity index (χ1n) is 6.27. The van der Waals surface area contributed by atoms with E-state index < -0.39 is 43.6 Å². The fraction of sp³-hybridized carbons (Fsp3) is 0. The number of aromatic hydroxyl groups is 1. The molecule has 0 unspecified atom stereocenters. The number of nitrogens with zero attached hydrogens (tertiary/aromatic N) is 1. The molecule has 0 amide bonds. The van der Waals surface area contributed by atoms with Gasteiger partial charge in [-0.1, -0.05) is 0 Å². The number of H-pyrrole nitrogens is 1. The summed E-state index contributed by atoms with van der Waals surface area (Å²) in [7, 11) is -4.37. The number of imidazole rings is 1. The van der Waals surface area contributed by atoms with Gasteiger partial charge in [-0.25, -0.2) is 18.0 Å². The molecule has 0 aliphatic heterocycles. The van der Waals surface area contributed by atoms with Crippen molar-refractivity contribution in [3.63, 3.8) is 0 Å². The van der Waals surface area contributed by atoms with Gasteiger partial charge in [-0.2, -0.15) is 3.97 Å². The van der Waals surface area contributed by atoms with Crippen LogP contribution in [0.3, 0.4) is 0 Å². The quantitative estimate of drug-likeness (QED) is 0.590. The molecule has 3 N–H and O–H groups in total. The van der Waals surface area contributed by atoms with Crippen molar-refractivity contribution in [1.82, 2.24) is 8.96 Å². The standard InChI is InChI=1S/C13H8N2O8S/c16-8-4-10(12(18)19)23-9-2-1-6(3-7(8)9)24(21,22)15-5-11(17)14-13(15)20/h1-5,17H,(H,14,20)(H,18,19). The van der Waals surface area contributed by atoms with E-state index in [1.165, 1.54) is 0 Å². The number of fused-ring (bicyclic) bond motifs is 1. The number of carboxylic acids is 1.